The molecule has 0 radical (unpaired) electrons. The molecule has 0 unspecified atom stereocenters. The van der Waals surface area contributed by atoms with Gasteiger partial charge in [-0.25, -0.2) is 0 Å². The minimum Gasteiger partial charge on any atom is -0.496 e. The zero-order valence-electron chi connectivity index (χ0n) is 9.57. The van der Waals surface area contributed by atoms with Gasteiger partial charge in [0, 0.05) is 12.1 Å². The highest BCUT2D eigenvalue weighted by Gasteiger charge is 2.02. The van der Waals surface area contributed by atoms with Gasteiger partial charge in [-0.05, 0) is 34.1 Å². The molecule has 2 aromatic rings. The Morgan fingerprint density at radius 3 is 2.71 bits per heavy atom. The molecule has 1 aromatic carbocycles. The summed E-state index contributed by atoms with van der Waals surface area (Å²) >= 11 is 3.28. The SMILES string of the molecule is COc1ccccc1CNCc1ccc(Br)o1. The fraction of sp³-hybridized carbons (Fsp3) is 0.231. The number of para-hydroxylation sites is 1. The van der Waals surface area contributed by atoms with E-state index in [4.69, 9.17) is 9.15 Å². The molecular formula is C13H14BrNO2. The number of ether oxygens (including phenoxy) is 1. The topological polar surface area (TPSA) is 34.4 Å². The van der Waals surface area contributed by atoms with Crippen molar-refractivity contribution in [2.45, 2.75) is 13.1 Å². The van der Waals surface area contributed by atoms with Gasteiger partial charge in [-0.15, -0.1) is 0 Å². The number of halogens is 1. The summed E-state index contributed by atoms with van der Waals surface area (Å²) in [7, 11) is 1.68. The van der Waals surface area contributed by atoms with Gasteiger partial charge in [0.2, 0.25) is 0 Å². The molecule has 0 spiro atoms. The van der Waals surface area contributed by atoms with E-state index in [2.05, 4.69) is 21.2 Å². The predicted octanol–water partition coefficient (Wildman–Crippen LogP) is 3.34. The minimum absolute atomic E-state index is 0.698. The molecule has 0 amide bonds. The van der Waals surface area contributed by atoms with Crippen molar-refractivity contribution in [1.29, 1.82) is 0 Å². The van der Waals surface area contributed by atoms with Crippen molar-refractivity contribution in [2.24, 2.45) is 0 Å². The third-order valence-corrected chi connectivity index (χ3v) is 2.86. The minimum atomic E-state index is 0.698. The van der Waals surface area contributed by atoms with Gasteiger partial charge in [0.1, 0.15) is 11.5 Å². The summed E-state index contributed by atoms with van der Waals surface area (Å²) in [6.07, 6.45) is 0. The Kier molecular flexibility index (Phi) is 4.23. The Bertz CT molecular complexity index is 482. The Balaban J connectivity index is 1.89. The van der Waals surface area contributed by atoms with E-state index >= 15 is 0 Å². The number of rotatable bonds is 5. The molecule has 0 atom stereocenters. The molecule has 17 heavy (non-hydrogen) atoms. The van der Waals surface area contributed by atoms with Crippen molar-refractivity contribution in [3.63, 3.8) is 0 Å². The van der Waals surface area contributed by atoms with Crippen LogP contribution >= 0.6 is 15.9 Å². The lowest BCUT2D eigenvalue weighted by molar-refractivity contribution is 0.406. The number of benzene rings is 1. The molecule has 90 valence electrons. The van der Waals surface area contributed by atoms with Crippen LogP contribution in [0.1, 0.15) is 11.3 Å². The molecule has 0 saturated carbocycles. The van der Waals surface area contributed by atoms with Crippen molar-refractivity contribution < 1.29 is 9.15 Å². The maximum Gasteiger partial charge on any atom is 0.169 e. The normalized spacial score (nSPS) is 10.5. The van der Waals surface area contributed by atoms with Crippen LogP contribution in [0.2, 0.25) is 0 Å². The van der Waals surface area contributed by atoms with Crippen molar-refractivity contribution in [1.82, 2.24) is 5.32 Å². The lowest BCUT2D eigenvalue weighted by Gasteiger charge is -2.08. The van der Waals surface area contributed by atoms with Crippen LogP contribution < -0.4 is 10.1 Å². The average Bonchev–Trinajstić information content (AvgIpc) is 2.76. The molecule has 0 aliphatic heterocycles. The molecule has 1 N–H and O–H groups in total. The molecule has 0 aliphatic rings. The summed E-state index contributed by atoms with van der Waals surface area (Å²) < 4.78 is 11.4. The molecule has 3 nitrogen and oxygen atoms in total. The first-order valence-corrected chi connectivity index (χ1v) is 6.15. The van der Waals surface area contributed by atoms with Gasteiger partial charge >= 0.3 is 0 Å². The van der Waals surface area contributed by atoms with Crippen LogP contribution in [0, 0.1) is 0 Å². The van der Waals surface area contributed by atoms with E-state index in [1.54, 1.807) is 7.11 Å². The number of methoxy groups -OCH3 is 1. The lowest BCUT2D eigenvalue weighted by atomic mass is 10.2. The van der Waals surface area contributed by atoms with Crippen molar-refractivity contribution in [3.05, 3.63) is 52.4 Å². The van der Waals surface area contributed by atoms with Gasteiger partial charge in [-0.3, -0.25) is 0 Å². The van der Waals surface area contributed by atoms with E-state index in [0.29, 0.717) is 6.54 Å². The molecule has 1 heterocycles. The summed E-state index contributed by atoms with van der Waals surface area (Å²) in [5.74, 6) is 1.81. The molecule has 2 rings (SSSR count). The Hall–Kier alpha value is -1.26. The zero-order chi connectivity index (χ0) is 12.1. The van der Waals surface area contributed by atoms with Crippen LogP contribution in [0.25, 0.3) is 0 Å². The molecule has 4 heteroatoms. The predicted molar refractivity (Wildman–Crippen MR) is 69.9 cm³/mol. The first-order chi connectivity index (χ1) is 8.29. The summed E-state index contributed by atoms with van der Waals surface area (Å²) in [6.45, 7) is 1.45. The maximum absolute atomic E-state index is 5.40. The van der Waals surface area contributed by atoms with Gasteiger partial charge in [-0.1, -0.05) is 18.2 Å². The summed E-state index contributed by atoms with van der Waals surface area (Å²) in [5.41, 5.74) is 1.14. The third kappa shape index (κ3) is 3.35. The van der Waals surface area contributed by atoms with Gasteiger partial charge in [0.05, 0.1) is 13.7 Å². The Morgan fingerprint density at radius 2 is 2.00 bits per heavy atom. The number of hydrogen-bond acceptors (Lipinski definition) is 3. The van der Waals surface area contributed by atoms with Crippen LogP contribution in [0.4, 0.5) is 0 Å². The molecule has 0 fully saturated rings. The zero-order valence-corrected chi connectivity index (χ0v) is 11.2. The Labute approximate surface area is 109 Å². The molecule has 1 aromatic heterocycles. The lowest BCUT2D eigenvalue weighted by Crippen LogP contribution is -2.12. The van der Waals surface area contributed by atoms with E-state index in [1.165, 1.54) is 0 Å². The van der Waals surface area contributed by atoms with E-state index in [9.17, 15) is 0 Å². The van der Waals surface area contributed by atoms with E-state index in [-0.39, 0.29) is 0 Å². The van der Waals surface area contributed by atoms with E-state index in [0.717, 1.165) is 28.3 Å². The first-order valence-electron chi connectivity index (χ1n) is 5.36. The fourth-order valence-electron chi connectivity index (χ4n) is 1.62. The highest BCUT2D eigenvalue weighted by Crippen LogP contribution is 2.17. The average molecular weight is 296 g/mol. The molecule has 0 bridgehead atoms. The van der Waals surface area contributed by atoms with Gasteiger partial charge in [0.25, 0.3) is 0 Å². The summed E-state index contributed by atoms with van der Waals surface area (Å²) in [4.78, 5) is 0. The van der Waals surface area contributed by atoms with Crippen molar-refractivity contribution >= 4 is 15.9 Å². The van der Waals surface area contributed by atoms with Crippen LogP contribution in [0.3, 0.4) is 0 Å². The first kappa shape index (κ1) is 12.2. The second-order valence-corrected chi connectivity index (χ2v) is 4.40. The standard InChI is InChI=1S/C13H14BrNO2/c1-16-12-5-3-2-4-10(12)8-15-9-11-6-7-13(14)17-11/h2-7,15H,8-9H2,1H3. The van der Waals surface area contributed by atoms with Crippen LogP contribution in [0.15, 0.2) is 45.5 Å². The quantitative estimate of drug-likeness (QED) is 0.919. The summed E-state index contributed by atoms with van der Waals surface area (Å²) in [5, 5.41) is 3.31. The van der Waals surface area contributed by atoms with E-state index in [1.807, 2.05) is 36.4 Å². The van der Waals surface area contributed by atoms with Crippen molar-refractivity contribution in [3.8, 4) is 5.75 Å². The molecule has 0 aliphatic carbocycles. The second-order valence-electron chi connectivity index (χ2n) is 3.62. The van der Waals surface area contributed by atoms with Gasteiger partial charge in [0.15, 0.2) is 4.67 Å². The molecule has 0 saturated heterocycles. The van der Waals surface area contributed by atoms with Crippen LogP contribution in [-0.4, -0.2) is 7.11 Å². The number of hydrogen-bond donors (Lipinski definition) is 1. The van der Waals surface area contributed by atoms with Crippen molar-refractivity contribution in [2.75, 3.05) is 7.11 Å². The smallest absolute Gasteiger partial charge is 0.169 e. The molecular weight excluding hydrogens is 282 g/mol. The number of nitrogens with one attached hydrogen (secondary N) is 1. The summed E-state index contributed by atoms with van der Waals surface area (Å²) in [6, 6.07) is 11.8. The maximum atomic E-state index is 5.40. The third-order valence-electron chi connectivity index (χ3n) is 2.44. The number of furan rings is 1. The van der Waals surface area contributed by atoms with Crippen LogP contribution in [-0.2, 0) is 13.1 Å². The highest BCUT2D eigenvalue weighted by molar-refractivity contribution is 9.10. The monoisotopic (exact) mass is 295 g/mol. The Morgan fingerprint density at radius 1 is 1.18 bits per heavy atom. The van der Waals surface area contributed by atoms with E-state index < -0.39 is 0 Å². The van der Waals surface area contributed by atoms with Gasteiger partial charge in [-0.2, -0.15) is 0 Å². The van der Waals surface area contributed by atoms with Gasteiger partial charge < -0.3 is 14.5 Å². The second kappa shape index (κ2) is 5.89. The van der Waals surface area contributed by atoms with Crippen LogP contribution in [0.5, 0.6) is 5.75 Å². The largest absolute Gasteiger partial charge is 0.496 e. The highest BCUT2D eigenvalue weighted by atomic mass is 79.9. The fourth-order valence-corrected chi connectivity index (χ4v) is 1.96.